The summed E-state index contributed by atoms with van der Waals surface area (Å²) >= 11 is 0. The smallest absolute Gasteiger partial charge is 0.320 e. The Hall–Kier alpha value is -1.63. The summed E-state index contributed by atoms with van der Waals surface area (Å²) in [5, 5.41) is 19.6. The second kappa shape index (κ2) is 6.78. The van der Waals surface area contributed by atoms with Gasteiger partial charge in [-0.15, -0.1) is 0 Å². The normalized spacial score (nSPS) is 12.2. The van der Waals surface area contributed by atoms with E-state index in [9.17, 15) is 14.4 Å². The Bertz CT molecular complexity index is 279. The Morgan fingerprint density at radius 1 is 1.31 bits per heavy atom. The van der Waals surface area contributed by atoms with Gasteiger partial charge in [0.1, 0.15) is 6.04 Å². The Labute approximate surface area is 93.0 Å². The highest BCUT2D eigenvalue weighted by atomic mass is 16.4. The number of carbonyl (C=O) groups excluding carboxylic acids is 1. The molecular formula is C9H16N2O5. The monoisotopic (exact) mass is 232 g/mol. The van der Waals surface area contributed by atoms with Gasteiger partial charge in [-0.1, -0.05) is 0 Å². The van der Waals surface area contributed by atoms with E-state index in [0.29, 0.717) is 0 Å². The highest BCUT2D eigenvalue weighted by Gasteiger charge is 2.22. The molecule has 0 radical (unpaired) electrons. The van der Waals surface area contributed by atoms with E-state index < -0.39 is 18.0 Å². The van der Waals surface area contributed by atoms with Crippen LogP contribution < -0.4 is 5.32 Å². The van der Waals surface area contributed by atoms with E-state index in [-0.39, 0.29) is 25.4 Å². The summed E-state index contributed by atoms with van der Waals surface area (Å²) in [6.45, 7) is 1.31. The van der Waals surface area contributed by atoms with E-state index in [1.165, 1.54) is 18.9 Å². The van der Waals surface area contributed by atoms with Gasteiger partial charge >= 0.3 is 11.9 Å². The Kier molecular flexibility index (Phi) is 6.09. The van der Waals surface area contributed by atoms with Crippen molar-refractivity contribution in [2.24, 2.45) is 0 Å². The number of carboxylic acids is 2. The van der Waals surface area contributed by atoms with Crippen LogP contribution in [0.3, 0.4) is 0 Å². The first kappa shape index (κ1) is 14.4. The van der Waals surface area contributed by atoms with E-state index in [4.69, 9.17) is 10.2 Å². The lowest BCUT2D eigenvalue weighted by Gasteiger charge is -2.24. The molecule has 0 aromatic heterocycles. The van der Waals surface area contributed by atoms with Crippen LogP contribution in [0.4, 0.5) is 0 Å². The minimum Gasteiger partial charge on any atom is -0.481 e. The molecule has 0 aromatic carbocycles. The first-order valence-corrected chi connectivity index (χ1v) is 4.77. The van der Waals surface area contributed by atoms with E-state index >= 15 is 0 Å². The SMILES string of the molecule is CNC(=O)CN(CCC(=O)O)C(C)C(=O)O. The standard InChI is InChI=1S/C9H16N2O5/c1-6(9(15)16)11(4-3-8(13)14)5-7(12)10-2/h6H,3-5H2,1-2H3,(H,10,12)(H,13,14)(H,15,16). The molecule has 92 valence electrons. The fraction of sp³-hybridized carbons (Fsp3) is 0.667. The second-order valence-electron chi connectivity index (χ2n) is 3.30. The van der Waals surface area contributed by atoms with Gasteiger partial charge in [-0.05, 0) is 6.92 Å². The lowest BCUT2D eigenvalue weighted by molar-refractivity contribution is -0.145. The number of likely N-dealkylation sites (N-methyl/N-ethyl adjacent to an activating group) is 1. The molecular weight excluding hydrogens is 216 g/mol. The van der Waals surface area contributed by atoms with Crippen LogP contribution in [0.15, 0.2) is 0 Å². The molecule has 0 aliphatic carbocycles. The van der Waals surface area contributed by atoms with Crippen molar-refractivity contribution in [1.29, 1.82) is 0 Å². The van der Waals surface area contributed by atoms with Crippen molar-refractivity contribution in [3.63, 3.8) is 0 Å². The first-order chi connectivity index (χ1) is 7.38. The van der Waals surface area contributed by atoms with Crippen molar-refractivity contribution in [2.45, 2.75) is 19.4 Å². The van der Waals surface area contributed by atoms with Crippen LogP contribution in [0.1, 0.15) is 13.3 Å². The molecule has 1 unspecified atom stereocenters. The van der Waals surface area contributed by atoms with Crippen LogP contribution in [-0.2, 0) is 14.4 Å². The minimum absolute atomic E-state index is 0.0240. The van der Waals surface area contributed by atoms with Crippen molar-refractivity contribution in [2.75, 3.05) is 20.1 Å². The summed E-state index contributed by atoms with van der Waals surface area (Å²) in [7, 11) is 1.43. The average Bonchev–Trinajstić information content (AvgIpc) is 2.22. The molecule has 0 spiro atoms. The second-order valence-corrected chi connectivity index (χ2v) is 3.30. The fourth-order valence-corrected chi connectivity index (χ4v) is 1.07. The van der Waals surface area contributed by atoms with Gasteiger partial charge in [0.05, 0.1) is 13.0 Å². The number of hydrogen-bond donors (Lipinski definition) is 3. The van der Waals surface area contributed by atoms with Crippen molar-refractivity contribution in [1.82, 2.24) is 10.2 Å². The zero-order valence-electron chi connectivity index (χ0n) is 9.27. The zero-order chi connectivity index (χ0) is 12.7. The fourth-order valence-electron chi connectivity index (χ4n) is 1.07. The van der Waals surface area contributed by atoms with Crippen LogP contribution in [0.5, 0.6) is 0 Å². The quantitative estimate of drug-likeness (QED) is 0.518. The molecule has 0 aliphatic rings. The highest BCUT2D eigenvalue weighted by Crippen LogP contribution is 2.01. The summed E-state index contributed by atoms with van der Waals surface area (Å²) in [6.07, 6.45) is -0.200. The lowest BCUT2D eigenvalue weighted by atomic mass is 10.2. The molecule has 0 aliphatic heterocycles. The predicted octanol–water partition coefficient (Wildman–Crippen LogP) is -1.02. The highest BCUT2D eigenvalue weighted by molar-refractivity contribution is 5.79. The van der Waals surface area contributed by atoms with Gasteiger partial charge in [0.25, 0.3) is 0 Å². The maximum atomic E-state index is 11.1. The minimum atomic E-state index is -1.09. The molecule has 0 rings (SSSR count). The molecule has 16 heavy (non-hydrogen) atoms. The molecule has 0 aromatic rings. The van der Waals surface area contributed by atoms with Gasteiger partial charge in [-0.25, -0.2) is 0 Å². The van der Waals surface area contributed by atoms with Crippen LogP contribution in [0.2, 0.25) is 0 Å². The Balaban J connectivity index is 4.43. The third-order valence-corrected chi connectivity index (χ3v) is 2.14. The molecule has 1 atom stereocenters. The van der Waals surface area contributed by atoms with E-state index in [1.807, 2.05) is 0 Å². The molecule has 0 heterocycles. The third kappa shape index (κ3) is 5.30. The van der Waals surface area contributed by atoms with Crippen molar-refractivity contribution >= 4 is 17.8 Å². The predicted molar refractivity (Wildman–Crippen MR) is 55.0 cm³/mol. The van der Waals surface area contributed by atoms with Gasteiger partial charge in [-0.2, -0.15) is 0 Å². The number of nitrogens with one attached hydrogen (secondary N) is 1. The number of hydrogen-bond acceptors (Lipinski definition) is 4. The maximum absolute atomic E-state index is 11.1. The number of carbonyl (C=O) groups is 3. The van der Waals surface area contributed by atoms with Crippen molar-refractivity contribution in [3.8, 4) is 0 Å². The molecule has 0 fully saturated rings. The maximum Gasteiger partial charge on any atom is 0.320 e. The van der Waals surface area contributed by atoms with Gasteiger partial charge < -0.3 is 15.5 Å². The van der Waals surface area contributed by atoms with Gasteiger partial charge in [0, 0.05) is 13.6 Å². The number of nitrogens with zero attached hydrogens (tertiary/aromatic N) is 1. The molecule has 0 bridgehead atoms. The molecule has 1 amide bonds. The Morgan fingerprint density at radius 3 is 2.25 bits per heavy atom. The van der Waals surface area contributed by atoms with Gasteiger partial charge in [0.2, 0.25) is 5.91 Å². The van der Waals surface area contributed by atoms with Crippen LogP contribution in [0, 0.1) is 0 Å². The number of carboxylic acid groups (broad SMARTS) is 2. The molecule has 0 saturated carbocycles. The molecule has 7 heteroatoms. The summed E-state index contributed by atoms with van der Waals surface area (Å²) in [4.78, 5) is 33.5. The third-order valence-electron chi connectivity index (χ3n) is 2.14. The van der Waals surface area contributed by atoms with Crippen LogP contribution in [-0.4, -0.2) is 59.1 Å². The molecule has 7 nitrogen and oxygen atoms in total. The summed E-state index contributed by atoms with van der Waals surface area (Å²) < 4.78 is 0. The van der Waals surface area contributed by atoms with E-state index in [2.05, 4.69) is 5.32 Å². The summed E-state index contributed by atoms with van der Waals surface area (Å²) in [6, 6.07) is -0.892. The average molecular weight is 232 g/mol. The number of aliphatic carboxylic acids is 2. The molecule has 3 N–H and O–H groups in total. The lowest BCUT2D eigenvalue weighted by Crippen LogP contribution is -2.45. The summed E-state index contributed by atoms with van der Waals surface area (Å²) in [5.41, 5.74) is 0. The van der Waals surface area contributed by atoms with Crippen molar-refractivity contribution in [3.05, 3.63) is 0 Å². The van der Waals surface area contributed by atoms with Gasteiger partial charge in [0.15, 0.2) is 0 Å². The first-order valence-electron chi connectivity index (χ1n) is 4.77. The van der Waals surface area contributed by atoms with E-state index in [1.54, 1.807) is 0 Å². The topological polar surface area (TPSA) is 107 Å². The largest absolute Gasteiger partial charge is 0.481 e. The zero-order valence-corrected chi connectivity index (χ0v) is 9.27. The Morgan fingerprint density at radius 2 is 1.88 bits per heavy atom. The molecule has 0 saturated heterocycles. The van der Waals surface area contributed by atoms with Gasteiger partial charge in [-0.3, -0.25) is 19.3 Å². The number of amides is 1. The number of rotatable bonds is 7. The summed E-state index contributed by atoms with van der Waals surface area (Å²) in [5.74, 6) is -2.47. The van der Waals surface area contributed by atoms with Crippen molar-refractivity contribution < 1.29 is 24.6 Å². The van der Waals surface area contributed by atoms with Crippen LogP contribution >= 0.6 is 0 Å². The van der Waals surface area contributed by atoms with E-state index in [0.717, 1.165) is 0 Å². The van der Waals surface area contributed by atoms with Crippen LogP contribution in [0.25, 0.3) is 0 Å².